The predicted octanol–water partition coefficient (Wildman–Crippen LogP) is 5.94. The fourth-order valence-electron chi connectivity index (χ4n) is 3.71. The average Bonchev–Trinajstić information content (AvgIpc) is 2.68. The number of halogens is 3. The first-order valence-electron chi connectivity index (χ1n) is 9.61. The maximum atomic E-state index is 14.4. The summed E-state index contributed by atoms with van der Waals surface area (Å²) in [7, 11) is 0. The van der Waals surface area contributed by atoms with Crippen molar-refractivity contribution in [3.63, 3.8) is 0 Å². The summed E-state index contributed by atoms with van der Waals surface area (Å²) in [6, 6.07) is 13.0. The lowest BCUT2D eigenvalue weighted by Gasteiger charge is -2.36. The topological polar surface area (TPSA) is 38.7 Å². The Morgan fingerprint density at radius 2 is 1.80 bits per heavy atom. The van der Waals surface area contributed by atoms with E-state index in [1.807, 2.05) is 13.8 Å². The summed E-state index contributed by atoms with van der Waals surface area (Å²) < 4.78 is 53.8. The van der Waals surface area contributed by atoms with Crippen LogP contribution in [0.4, 0.5) is 13.2 Å². The minimum Gasteiger partial charge on any atom is -0.488 e. The molecule has 0 radical (unpaired) electrons. The molecule has 1 atom stereocenters. The molecule has 0 amide bonds. The molecule has 0 spiro atoms. The van der Waals surface area contributed by atoms with Gasteiger partial charge < -0.3 is 14.6 Å². The van der Waals surface area contributed by atoms with Crippen molar-refractivity contribution < 1.29 is 27.8 Å². The molecular weight excluding hydrogens is 393 g/mol. The van der Waals surface area contributed by atoms with Gasteiger partial charge in [0.15, 0.2) is 11.6 Å². The lowest BCUT2D eigenvalue weighted by Crippen LogP contribution is -2.35. The highest BCUT2D eigenvalue weighted by Gasteiger charge is 2.34. The number of ether oxygens (including phenoxy) is 2. The van der Waals surface area contributed by atoms with Crippen LogP contribution in [0, 0.1) is 17.5 Å². The Labute approximate surface area is 172 Å². The Bertz CT molecular complexity index is 1100. The lowest BCUT2D eigenvalue weighted by molar-refractivity contribution is 0.00948. The molecule has 1 aliphatic heterocycles. The van der Waals surface area contributed by atoms with Crippen LogP contribution in [0.25, 0.3) is 11.1 Å². The summed E-state index contributed by atoms with van der Waals surface area (Å²) in [6.45, 7) is 3.63. The van der Waals surface area contributed by atoms with Crippen molar-refractivity contribution in [2.24, 2.45) is 0 Å². The van der Waals surface area contributed by atoms with E-state index in [0.717, 1.165) is 6.07 Å². The Hall–Kier alpha value is -2.99. The van der Waals surface area contributed by atoms with Gasteiger partial charge in [0.1, 0.15) is 29.5 Å². The van der Waals surface area contributed by atoms with Crippen molar-refractivity contribution >= 4 is 0 Å². The highest BCUT2D eigenvalue weighted by Crippen LogP contribution is 2.44. The minimum absolute atomic E-state index is 0.0411. The highest BCUT2D eigenvalue weighted by molar-refractivity contribution is 5.65. The van der Waals surface area contributed by atoms with E-state index in [1.54, 1.807) is 18.2 Å². The quantitative estimate of drug-likeness (QED) is 0.574. The monoisotopic (exact) mass is 414 g/mol. The number of aliphatic hydroxyl groups is 1. The van der Waals surface area contributed by atoms with E-state index in [2.05, 4.69) is 0 Å². The molecule has 0 bridgehead atoms. The summed E-state index contributed by atoms with van der Waals surface area (Å²) in [5, 5.41) is 10.6. The molecular formula is C24H21F3O3. The van der Waals surface area contributed by atoms with E-state index in [0.29, 0.717) is 29.0 Å². The van der Waals surface area contributed by atoms with Gasteiger partial charge in [-0.1, -0.05) is 24.3 Å². The molecule has 156 valence electrons. The summed E-state index contributed by atoms with van der Waals surface area (Å²) in [4.78, 5) is 0. The zero-order chi connectivity index (χ0) is 21.5. The Morgan fingerprint density at radius 1 is 1.03 bits per heavy atom. The first-order valence-corrected chi connectivity index (χ1v) is 9.61. The molecule has 1 aliphatic rings. The molecule has 0 aromatic heterocycles. The van der Waals surface area contributed by atoms with Gasteiger partial charge in [-0.05, 0) is 49.7 Å². The van der Waals surface area contributed by atoms with Gasteiger partial charge in [0.25, 0.3) is 0 Å². The summed E-state index contributed by atoms with van der Waals surface area (Å²) in [5.74, 6) is -1.58. The zero-order valence-corrected chi connectivity index (χ0v) is 16.6. The van der Waals surface area contributed by atoms with Crippen LogP contribution in [-0.4, -0.2) is 10.7 Å². The van der Waals surface area contributed by atoms with Gasteiger partial charge in [0.2, 0.25) is 0 Å². The van der Waals surface area contributed by atoms with Crippen molar-refractivity contribution in [1.82, 2.24) is 0 Å². The lowest BCUT2D eigenvalue weighted by atomic mass is 9.91. The van der Waals surface area contributed by atoms with Crippen molar-refractivity contribution in [1.29, 1.82) is 0 Å². The van der Waals surface area contributed by atoms with Gasteiger partial charge in [-0.25, -0.2) is 13.2 Å². The average molecular weight is 414 g/mol. The molecule has 3 nitrogen and oxygen atoms in total. The second-order valence-corrected chi connectivity index (χ2v) is 7.95. The Balaban J connectivity index is 1.62. The van der Waals surface area contributed by atoms with Crippen LogP contribution < -0.4 is 9.47 Å². The van der Waals surface area contributed by atoms with Crippen LogP contribution in [0.5, 0.6) is 11.5 Å². The molecule has 30 heavy (non-hydrogen) atoms. The van der Waals surface area contributed by atoms with Gasteiger partial charge in [-0.2, -0.15) is 0 Å². The van der Waals surface area contributed by atoms with Crippen LogP contribution in [0.2, 0.25) is 0 Å². The third-order valence-corrected chi connectivity index (χ3v) is 5.12. The Morgan fingerprint density at radius 3 is 2.60 bits per heavy atom. The van der Waals surface area contributed by atoms with E-state index >= 15 is 0 Å². The third-order valence-electron chi connectivity index (χ3n) is 5.12. The normalized spacial score (nSPS) is 17.2. The molecule has 1 unspecified atom stereocenters. The largest absolute Gasteiger partial charge is 0.488 e. The molecule has 0 saturated heterocycles. The van der Waals surface area contributed by atoms with Crippen LogP contribution in [-0.2, 0) is 6.61 Å². The molecule has 0 aliphatic carbocycles. The number of fused-ring (bicyclic) bond motifs is 1. The number of aliphatic hydroxyl groups excluding tert-OH is 1. The van der Waals surface area contributed by atoms with E-state index in [9.17, 15) is 18.3 Å². The van der Waals surface area contributed by atoms with Crippen LogP contribution in [0.15, 0.2) is 54.6 Å². The first-order chi connectivity index (χ1) is 14.2. The number of rotatable bonds is 4. The first kappa shape index (κ1) is 20.3. The van der Waals surface area contributed by atoms with Crippen LogP contribution in [0.1, 0.15) is 37.5 Å². The molecule has 3 aromatic rings. The van der Waals surface area contributed by atoms with E-state index < -0.39 is 29.2 Å². The standard InChI is InChI=1S/C24H21F3O3/c1-24(2)12-19(28)22-20(7-4-8-21(22)30-24)29-13-15-11-14(9-10-17(15)25)16-5-3-6-18(26)23(16)27/h3-11,19,28H,12-13H2,1-2H3. The van der Waals surface area contributed by atoms with Gasteiger partial charge in [0, 0.05) is 17.5 Å². The van der Waals surface area contributed by atoms with Gasteiger partial charge in [-0.3, -0.25) is 0 Å². The summed E-state index contributed by atoms with van der Waals surface area (Å²) in [6.07, 6.45) is -0.388. The summed E-state index contributed by atoms with van der Waals surface area (Å²) in [5.41, 5.74) is 0.567. The second-order valence-electron chi connectivity index (χ2n) is 7.95. The van der Waals surface area contributed by atoms with Crippen molar-refractivity contribution in [3.8, 4) is 22.6 Å². The van der Waals surface area contributed by atoms with Gasteiger partial charge in [-0.15, -0.1) is 0 Å². The molecule has 4 rings (SSSR count). The predicted molar refractivity (Wildman–Crippen MR) is 107 cm³/mol. The Kier molecular flexibility index (Phi) is 5.20. The molecule has 1 N–H and O–H groups in total. The minimum atomic E-state index is -0.990. The number of benzene rings is 3. The van der Waals surface area contributed by atoms with Gasteiger partial charge >= 0.3 is 0 Å². The molecule has 0 fully saturated rings. The fraction of sp³-hybridized carbons (Fsp3) is 0.250. The number of hydrogen-bond acceptors (Lipinski definition) is 3. The van der Waals surface area contributed by atoms with E-state index in [1.165, 1.54) is 30.3 Å². The smallest absolute Gasteiger partial charge is 0.166 e. The van der Waals surface area contributed by atoms with Crippen molar-refractivity contribution in [2.75, 3.05) is 0 Å². The molecule has 0 saturated carbocycles. The third kappa shape index (κ3) is 3.87. The van der Waals surface area contributed by atoms with Crippen LogP contribution >= 0.6 is 0 Å². The van der Waals surface area contributed by atoms with Crippen molar-refractivity contribution in [2.45, 2.75) is 38.6 Å². The molecule has 1 heterocycles. The summed E-state index contributed by atoms with van der Waals surface area (Å²) >= 11 is 0. The maximum absolute atomic E-state index is 14.4. The highest BCUT2D eigenvalue weighted by atomic mass is 19.2. The molecule has 3 aromatic carbocycles. The van der Waals surface area contributed by atoms with E-state index in [-0.39, 0.29) is 17.7 Å². The maximum Gasteiger partial charge on any atom is 0.166 e. The van der Waals surface area contributed by atoms with E-state index in [4.69, 9.17) is 9.47 Å². The molecule has 6 heteroatoms. The number of hydrogen-bond donors (Lipinski definition) is 1. The second kappa shape index (κ2) is 7.69. The zero-order valence-electron chi connectivity index (χ0n) is 16.6. The fourth-order valence-corrected chi connectivity index (χ4v) is 3.71. The van der Waals surface area contributed by atoms with Crippen LogP contribution in [0.3, 0.4) is 0 Å². The van der Waals surface area contributed by atoms with Gasteiger partial charge in [0.05, 0.1) is 11.7 Å². The SMILES string of the molecule is CC1(C)CC(O)c2c(OCc3cc(-c4cccc(F)c4F)ccc3F)cccc2O1. The van der Waals surface area contributed by atoms with Crippen molar-refractivity contribution in [3.05, 3.63) is 83.2 Å².